The molecule has 71 heavy (non-hydrogen) atoms. The minimum Gasteiger partial charge on any atom is -0.504 e. The number of carbonyl (C=O) groups is 2. The van der Waals surface area contributed by atoms with E-state index >= 15 is 0 Å². The summed E-state index contributed by atoms with van der Waals surface area (Å²) in [7, 11) is 0. The van der Waals surface area contributed by atoms with Crippen LogP contribution in [0.1, 0.15) is 105 Å². The number of hydrogen-bond acceptors (Lipinski definition) is 12. The first kappa shape index (κ1) is 52.4. The number of piperidine rings is 1. The molecule has 0 spiro atoms. The first-order chi connectivity index (χ1) is 34.5. The molecule has 8 rings (SSSR count). The Morgan fingerprint density at radius 3 is 2.56 bits per heavy atom. The third-order valence-corrected chi connectivity index (χ3v) is 16.3. The molecule has 0 amide bonds. The molecule has 3 aromatic carbocycles. The largest absolute Gasteiger partial charge is 0.504 e. The molecule has 5 aliphatic rings. The summed E-state index contributed by atoms with van der Waals surface area (Å²) < 4.78 is 5.36. The summed E-state index contributed by atoms with van der Waals surface area (Å²) in [6.45, 7) is 4.26. The van der Waals surface area contributed by atoms with Gasteiger partial charge in [-0.2, -0.15) is 0 Å². The monoisotopic (exact) mass is 970 g/mol. The molecule has 0 radical (unpaired) electrons. The molecular weight excluding hydrogens is 891 g/mol. The van der Waals surface area contributed by atoms with Crippen molar-refractivity contribution in [3.05, 3.63) is 136 Å². The number of benzene rings is 3. The van der Waals surface area contributed by atoms with E-state index in [-0.39, 0.29) is 40.9 Å². The predicted molar refractivity (Wildman–Crippen MR) is 280 cm³/mol. The number of carbonyl (C=O) groups excluding carboxylic acids is 2. The molecule has 9 atom stereocenters. The van der Waals surface area contributed by atoms with Gasteiger partial charge in [-0.3, -0.25) is 9.59 Å². The minimum atomic E-state index is -0.680. The number of ether oxygens (including phenoxy) is 1. The Bertz CT molecular complexity index is 2400. The number of aromatic hydroxyl groups is 1. The summed E-state index contributed by atoms with van der Waals surface area (Å²) in [4.78, 5) is 27.5. The van der Waals surface area contributed by atoms with E-state index in [1.807, 2.05) is 25.3 Å². The second-order valence-electron chi connectivity index (χ2n) is 21.4. The van der Waals surface area contributed by atoms with Crippen molar-refractivity contribution >= 4 is 17.1 Å². The Morgan fingerprint density at radius 2 is 1.77 bits per heavy atom. The van der Waals surface area contributed by atoms with Gasteiger partial charge in [-0.1, -0.05) is 66.7 Å². The van der Waals surface area contributed by atoms with Gasteiger partial charge in [-0.05, 0) is 201 Å². The molecule has 3 aromatic rings. The van der Waals surface area contributed by atoms with Crippen molar-refractivity contribution in [1.29, 1.82) is 0 Å². The van der Waals surface area contributed by atoms with Crippen LogP contribution >= 0.6 is 0 Å². The lowest BCUT2D eigenvalue weighted by Gasteiger charge is -2.52. The molecular formula is C59H79N5O7. The van der Waals surface area contributed by atoms with Crippen LogP contribution in [0.4, 0.5) is 0 Å². The van der Waals surface area contributed by atoms with Gasteiger partial charge in [-0.25, -0.2) is 0 Å². The van der Waals surface area contributed by atoms with Gasteiger partial charge in [0.15, 0.2) is 24.1 Å². The zero-order valence-corrected chi connectivity index (χ0v) is 41.8. The van der Waals surface area contributed by atoms with E-state index in [9.17, 15) is 30.0 Å². The molecule has 10 N–H and O–H groups in total. The molecule has 1 saturated heterocycles. The number of ketones is 2. The first-order valence-corrected chi connectivity index (χ1v) is 26.5. The number of aliphatic hydroxyl groups excluding tert-OH is 3. The maximum atomic E-state index is 13.8. The highest BCUT2D eigenvalue weighted by atomic mass is 16.6. The molecule has 0 bridgehead atoms. The van der Waals surface area contributed by atoms with E-state index in [1.54, 1.807) is 6.07 Å². The number of aryl methyl sites for hydroxylation is 3. The van der Waals surface area contributed by atoms with Crippen LogP contribution < -0.4 is 31.7 Å². The van der Waals surface area contributed by atoms with Crippen LogP contribution in [0.25, 0.3) is 5.57 Å². The highest BCUT2D eigenvalue weighted by molar-refractivity contribution is 6.07. The number of nitrogens with two attached hydrogens (primary N) is 1. The van der Waals surface area contributed by atoms with Gasteiger partial charge in [0, 0.05) is 37.8 Å². The standard InChI is InChI=1S/C59H79N5O7/c1-39(67)34-63-49-18-21-59(32-49,33-54-52-19-23-61-35-47(52)25-44-12-7-22-62-58(44)54)20-6-13-50(68)30-51(69)27-48(37-65)53-31-56(71-38-66)55(70)28-45(53)26-46-36-64-57(60)29-43(46)17-16-42-11-5-10-41(24-42)15-14-40-8-3-2-4-9-40/h2-5,7-12,24,27-29,31,36,39,44,47,49,52,54,57-58,61-67,70H,6,13-23,25-26,30,32-35,37-38,60H2,1H3. The van der Waals surface area contributed by atoms with Crippen molar-refractivity contribution in [3.8, 4) is 11.5 Å². The summed E-state index contributed by atoms with van der Waals surface area (Å²) in [6, 6.07) is 23.1. The Morgan fingerprint density at radius 1 is 0.986 bits per heavy atom. The van der Waals surface area contributed by atoms with E-state index in [4.69, 9.17) is 10.5 Å². The van der Waals surface area contributed by atoms with E-state index in [0.29, 0.717) is 72.7 Å². The Balaban J connectivity index is 0.929. The molecule has 0 aromatic heterocycles. The van der Waals surface area contributed by atoms with Crippen molar-refractivity contribution in [2.24, 2.45) is 34.8 Å². The lowest BCUT2D eigenvalue weighted by molar-refractivity contribution is -0.124. The topological polar surface area (TPSA) is 198 Å². The van der Waals surface area contributed by atoms with E-state index in [0.717, 1.165) is 88.6 Å². The highest BCUT2D eigenvalue weighted by Crippen LogP contribution is 2.53. The number of phenols is 1. The van der Waals surface area contributed by atoms with Gasteiger partial charge < -0.3 is 52.2 Å². The zero-order valence-electron chi connectivity index (χ0n) is 41.8. The second-order valence-corrected chi connectivity index (χ2v) is 21.4. The van der Waals surface area contributed by atoms with Crippen molar-refractivity contribution in [1.82, 2.24) is 21.3 Å². The smallest absolute Gasteiger partial charge is 0.186 e. The average molecular weight is 970 g/mol. The fourth-order valence-electron chi connectivity index (χ4n) is 12.9. The van der Waals surface area contributed by atoms with Gasteiger partial charge in [0.1, 0.15) is 5.78 Å². The quantitative estimate of drug-likeness (QED) is 0.0199. The molecule has 12 nitrogen and oxygen atoms in total. The lowest BCUT2D eigenvalue weighted by Crippen LogP contribution is -2.56. The molecule has 3 fully saturated rings. The number of allylic oxidation sites excluding steroid dienone is 3. The van der Waals surface area contributed by atoms with Crippen LogP contribution in [0.2, 0.25) is 0 Å². The van der Waals surface area contributed by atoms with E-state index < -0.39 is 25.3 Å². The van der Waals surface area contributed by atoms with Gasteiger partial charge in [0.25, 0.3) is 0 Å². The fraction of sp³-hybridized carbons (Fsp3) is 0.525. The molecule has 3 heterocycles. The number of rotatable bonds is 24. The number of aliphatic hydroxyl groups is 3. The summed E-state index contributed by atoms with van der Waals surface area (Å²) in [5.74, 6) is 1.72. The molecule has 382 valence electrons. The van der Waals surface area contributed by atoms with Crippen LogP contribution in [0.5, 0.6) is 11.5 Å². The summed E-state index contributed by atoms with van der Waals surface area (Å²) in [6.07, 6.45) is 21.3. The van der Waals surface area contributed by atoms with Crippen molar-refractivity contribution in [3.63, 3.8) is 0 Å². The lowest BCUT2D eigenvalue weighted by atomic mass is 9.57. The fourth-order valence-corrected chi connectivity index (χ4v) is 12.9. The molecule has 2 saturated carbocycles. The number of fused-ring (bicyclic) bond motifs is 2. The van der Waals surface area contributed by atoms with Crippen molar-refractivity contribution < 1.29 is 34.8 Å². The van der Waals surface area contributed by atoms with Gasteiger partial charge in [-0.15, -0.1) is 0 Å². The number of hydrogen-bond donors (Lipinski definition) is 9. The van der Waals surface area contributed by atoms with Gasteiger partial charge in [0.2, 0.25) is 0 Å². The minimum absolute atomic E-state index is 0.00844. The van der Waals surface area contributed by atoms with Crippen molar-refractivity contribution in [2.75, 3.05) is 39.6 Å². The highest BCUT2D eigenvalue weighted by Gasteiger charge is 2.49. The normalized spacial score (nSPS) is 26.7. The Labute approximate surface area is 421 Å². The second kappa shape index (κ2) is 25.2. The summed E-state index contributed by atoms with van der Waals surface area (Å²) in [5.41, 5.74) is 13.6. The number of dihydropyridines is 1. The molecule has 9 unspecified atom stereocenters. The van der Waals surface area contributed by atoms with Crippen LogP contribution in [-0.2, 0) is 35.3 Å². The van der Waals surface area contributed by atoms with Crippen LogP contribution in [0.3, 0.4) is 0 Å². The first-order valence-electron chi connectivity index (χ1n) is 26.5. The van der Waals surface area contributed by atoms with E-state index in [1.165, 1.54) is 41.7 Å². The van der Waals surface area contributed by atoms with Crippen LogP contribution in [0.15, 0.2) is 108 Å². The maximum Gasteiger partial charge on any atom is 0.186 e. The van der Waals surface area contributed by atoms with Crippen LogP contribution in [-0.4, -0.2) is 95.9 Å². The van der Waals surface area contributed by atoms with Crippen molar-refractivity contribution in [2.45, 2.75) is 128 Å². The predicted octanol–water partition coefficient (Wildman–Crippen LogP) is 6.74. The summed E-state index contributed by atoms with van der Waals surface area (Å²) in [5, 5.41) is 56.1. The number of phenolic OH excluding ortho intramolecular Hbond substituents is 1. The van der Waals surface area contributed by atoms with Crippen LogP contribution in [0, 0.1) is 29.1 Å². The number of nitrogens with one attached hydrogen (secondary N) is 4. The Hall–Kier alpha value is -4.92. The maximum absolute atomic E-state index is 13.8. The molecule has 3 aliphatic heterocycles. The summed E-state index contributed by atoms with van der Waals surface area (Å²) >= 11 is 0. The number of Topliss-reactive ketones (excluding diaryl/α,β-unsaturated/α-hetero) is 1. The van der Waals surface area contributed by atoms with Gasteiger partial charge >= 0.3 is 0 Å². The van der Waals surface area contributed by atoms with Gasteiger partial charge in [0.05, 0.1) is 25.3 Å². The van der Waals surface area contributed by atoms with E-state index in [2.05, 4.69) is 82.0 Å². The third kappa shape index (κ3) is 14.2. The molecule has 2 aliphatic carbocycles. The average Bonchev–Trinajstić information content (AvgIpc) is 3.78. The zero-order chi connectivity index (χ0) is 49.7. The third-order valence-electron chi connectivity index (χ3n) is 16.3. The SMILES string of the molecule is CC(O)CNC1CCC(CCCC(=O)CC(=O)C=C(CO)c2cc(OCO)c(O)cc2CC2=CNC(N)C=C2CCc2cccc(CCc3ccccc3)c2)(CC2C3CCNCC3CC3C=CCNC32)C1. The Kier molecular flexibility index (Phi) is 18.6. The molecule has 12 heteroatoms.